The number of allylic oxidation sites excluding steroid dienone is 2. The first kappa shape index (κ1) is 9.26. The minimum Gasteiger partial charge on any atom is -0.481 e. The molecular weight excluding hydrogens is 178 g/mol. The number of carboxylic acids is 1. The molecule has 1 N–H and O–H groups in total. The predicted octanol–water partition coefficient (Wildman–Crippen LogP) is 1.96. The summed E-state index contributed by atoms with van der Waals surface area (Å²) in [5, 5.41) is 18.0. The molecule has 0 aromatic carbocycles. The van der Waals surface area contributed by atoms with E-state index < -0.39 is 11.4 Å². The summed E-state index contributed by atoms with van der Waals surface area (Å²) < 4.78 is 0. The zero-order valence-electron chi connectivity index (χ0n) is 8.16. The van der Waals surface area contributed by atoms with Crippen molar-refractivity contribution in [2.45, 2.75) is 26.2 Å². The first-order valence-corrected chi connectivity index (χ1v) is 4.85. The molecule has 0 bridgehead atoms. The number of fused-ring (bicyclic) bond motifs is 1. The van der Waals surface area contributed by atoms with E-state index in [0.717, 1.165) is 12.8 Å². The number of nitrogens with zero attached hydrogens (tertiary/aromatic N) is 1. The first-order valence-electron chi connectivity index (χ1n) is 4.85. The molecule has 0 amide bonds. The fraction of sp³-hybridized carbons (Fsp3) is 0.636. The molecule has 3 heteroatoms. The van der Waals surface area contributed by atoms with E-state index in [0.29, 0.717) is 5.92 Å². The van der Waals surface area contributed by atoms with Crippen LogP contribution in [-0.4, -0.2) is 11.1 Å². The van der Waals surface area contributed by atoms with Gasteiger partial charge in [-0.2, -0.15) is 5.26 Å². The van der Waals surface area contributed by atoms with Crippen molar-refractivity contribution in [2.24, 2.45) is 16.7 Å². The van der Waals surface area contributed by atoms with Gasteiger partial charge in [0.25, 0.3) is 0 Å². The average Bonchev–Trinajstić information content (AvgIpc) is 2.41. The fourth-order valence-electron chi connectivity index (χ4n) is 2.94. The maximum Gasteiger partial charge on any atom is 0.305 e. The van der Waals surface area contributed by atoms with Crippen LogP contribution in [0, 0.1) is 28.1 Å². The molecule has 0 aliphatic heterocycles. The lowest BCUT2D eigenvalue weighted by atomic mass is 9.45. The monoisotopic (exact) mass is 191 g/mol. The lowest BCUT2D eigenvalue weighted by Crippen LogP contribution is -2.53. The Bertz CT molecular complexity index is 355. The highest BCUT2D eigenvalue weighted by Crippen LogP contribution is 2.66. The number of rotatable bonds is 2. The van der Waals surface area contributed by atoms with Gasteiger partial charge in [-0.05, 0) is 18.8 Å². The van der Waals surface area contributed by atoms with E-state index in [1.807, 2.05) is 13.0 Å². The Hall–Kier alpha value is -1.30. The highest BCUT2D eigenvalue weighted by Gasteiger charge is 2.63. The van der Waals surface area contributed by atoms with Gasteiger partial charge in [0.2, 0.25) is 0 Å². The Kier molecular flexibility index (Phi) is 1.72. The Balaban J connectivity index is 2.29. The lowest BCUT2D eigenvalue weighted by Gasteiger charge is -2.55. The van der Waals surface area contributed by atoms with Crippen LogP contribution in [0.3, 0.4) is 0 Å². The lowest BCUT2D eigenvalue weighted by molar-refractivity contribution is -0.146. The van der Waals surface area contributed by atoms with Gasteiger partial charge in [-0.25, -0.2) is 0 Å². The van der Waals surface area contributed by atoms with E-state index in [9.17, 15) is 4.79 Å². The standard InChI is InChI=1S/C11H13NO2/c1-10-4-2-3-8(10)5-11(10,7-12)6-9(13)14/h2,4,8H,3,5-6H2,1H3,(H,13,14)/t8-,10-,11+/m0/s1. The van der Waals surface area contributed by atoms with Crippen LogP contribution in [0.1, 0.15) is 26.2 Å². The maximum atomic E-state index is 10.7. The Labute approximate surface area is 83.0 Å². The second kappa shape index (κ2) is 2.60. The van der Waals surface area contributed by atoms with Gasteiger partial charge in [0, 0.05) is 5.41 Å². The van der Waals surface area contributed by atoms with E-state index in [2.05, 4.69) is 12.1 Å². The molecule has 0 saturated heterocycles. The summed E-state index contributed by atoms with van der Waals surface area (Å²) in [5.74, 6) is -0.381. The van der Waals surface area contributed by atoms with E-state index in [4.69, 9.17) is 10.4 Å². The van der Waals surface area contributed by atoms with E-state index >= 15 is 0 Å². The smallest absolute Gasteiger partial charge is 0.305 e. The Morgan fingerprint density at radius 3 is 3.00 bits per heavy atom. The molecule has 0 aromatic heterocycles. The molecule has 2 aliphatic carbocycles. The van der Waals surface area contributed by atoms with Gasteiger partial charge in [0.15, 0.2) is 0 Å². The van der Waals surface area contributed by atoms with Crippen molar-refractivity contribution in [3.05, 3.63) is 12.2 Å². The molecule has 0 radical (unpaired) electrons. The van der Waals surface area contributed by atoms with Gasteiger partial charge in [0.1, 0.15) is 0 Å². The molecule has 74 valence electrons. The zero-order chi connectivity index (χ0) is 10.4. The number of hydrogen-bond acceptors (Lipinski definition) is 2. The second-order valence-corrected chi connectivity index (χ2v) is 4.59. The van der Waals surface area contributed by atoms with Gasteiger partial charge in [0.05, 0.1) is 17.9 Å². The van der Waals surface area contributed by atoms with Crippen molar-refractivity contribution in [3.63, 3.8) is 0 Å². The van der Waals surface area contributed by atoms with Crippen LogP contribution in [-0.2, 0) is 4.79 Å². The molecule has 1 fully saturated rings. The van der Waals surface area contributed by atoms with Gasteiger partial charge in [-0.1, -0.05) is 19.1 Å². The van der Waals surface area contributed by atoms with Crippen molar-refractivity contribution in [1.82, 2.24) is 0 Å². The van der Waals surface area contributed by atoms with E-state index in [1.54, 1.807) is 0 Å². The summed E-state index contributed by atoms with van der Waals surface area (Å²) in [5.41, 5.74) is -0.851. The minimum atomic E-state index is -0.869. The highest BCUT2D eigenvalue weighted by molar-refractivity contribution is 5.69. The third kappa shape index (κ3) is 0.886. The molecule has 0 spiro atoms. The summed E-state index contributed by atoms with van der Waals surface area (Å²) in [6.07, 6.45) is 5.82. The van der Waals surface area contributed by atoms with Gasteiger partial charge >= 0.3 is 5.97 Å². The quantitative estimate of drug-likeness (QED) is 0.678. The second-order valence-electron chi connectivity index (χ2n) is 4.59. The Morgan fingerprint density at radius 2 is 2.50 bits per heavy atom. The minimum absolute atomic E-state index is 0.0269. The molecule has 0 unspecified atom stereocenters. The summed E-state index contributed by atoms with van der Waals surface area (Å²) in [6, 6.07) is 2.23. The highest BCUT2D eigenvalue weighted by atomic mass is 16.4. The van der Waals surface area contributed by atoms with Gasteiger partial charge in [-0.3, -0.25) is 4.79 Å². The van der Waals surface area contributed by atoms with Crippen LogP contribution in [0.15, 0.2) is 12.2 Å². The first-order chi connectivity index (χ1) is 6.54. The number of carboxylic acid groups (broad SMARTS) is 1. The molecule has 0 heterocycles. The molecule has 3 nitrogen and oxygen atoms in total. The van der Waals surface area contributed by atoms with Crippen LogP contribution in [0.2, 0.25) is 0 Å². The molecular formula is C11H13NO2. The van der Waals surface area contributed by atoms with E-state index in [1.165, 1.54) is 0 Å². The van der Waals surface area contributed by atoms with Crippen molar-refractivity contribution in [1.29, 1.82) is 5.26 Å². The number of nitriles is 1. The van der Waals surface area contributed by atoms with Crippen LogP contribution in [0.5, 0.6) is 0 Å². The predicted molar refractivity (Wildman–Crippen MR) is 50.3 cm³/mol. The van der Waals surface area contributed by atoms with Crippen LogP contribution in [0.25, 0.3) is 0 Å². The number of carbonyl (C=O) groups is 1. The molecule has 1 saturated carbocycles. The Morgan fingerprint density at radius 1 is 1.79 bits per heavy atom. The summed E-state index contributed by atoms with van der Waals surface area (Å²) in [7, 11) is 0. The van der Waals surface area contributed by atoms with Crippen LogP contribution in [0.4, 0.5) is 0 Å². The summed E-state index contributed by atoms with van der Waals surface area (Å²) >= 11 is 0. The third-order valence-corrected chi connectivity index (χ3v) is 4.03. The molecule has 2 rings (SSSR count). The van der Waals surface area contributed by atoms with Gasteiger partial charge in [-0.15, -0.1) is 0 Å². The van der Waals surface area contributed by atoms with Crippen LogP contribution >= 0.6 is 0 Å². The normalized spacial score (nSPS) is 43.9. The van der Waals surface area contributed by atoms with Gasteiger partial charge < -0.3 is 5.11 Å². The molecule has 0 aromatic rings. The van der Waals surface area contributed by atoms with Crippen molar-refractivity contribution in [3.8, 4) is 6.07 Å². The van der Waals surface area contributed by atoms with Crippen molar-refractivity contribution < 1.29 is 9.90 Å². The zero-order valence-corrected chi connectivity index (χ0v) is 8.16. The fourth-order valence-corrected chi connectivity index (χ4v) is 2.94. The number of hydrogen-bond donors (Lipinski definition) is 1. The summed E-state index contributed by atoms with van der Waals surface area (Å²) in [4.78, 5) is 10.7. The largest absolute Gasteiger partial charge is 0.481 e. The summed E-state index contributed by atoms with van der Waals surface area (Å²) in [6.45, 7) is 2.01. The average molecular weight is 191 g/mol. The SMILES string of the molecule is C[C@]12C=CC[C@H]1C[C@]2(C#N)CC(=O)O. The molecule has 3 atom stereocenters. The van der Waals surface area contributed by atoms with Crippen molar-refractivity contribution in [2.75, 3.05) is 0 Å². The molecule has 14 heavy (non-hydrogen) atoms. The van der Waals surface area contributed by atoms with Crippen molar-refractivity contribution >= 4 is 5.97 Å². The maximum absolute atomic E-state index is 10.7. The number of aliphatic carboxylic acids is 1. The molecule has 2 aliphatic rings. The van der Waals surface area contributed by atoms with Crippen LogP contribution < -0.4 is 0 Å². The third-order valence-electron chi connectivity index (χ3n) is 4.03. The van der Waals surface area contributed by atoms with E-state index in [-0.39, 0.29) is 11.8 Å². The topological polar surface area (TPSA) is 61.1 Å².